The first-order chi connectivity index (χ1) is 9.70. The SMILES string of the molecule is O=C1c2cocc2N=C2N(c3ccccc3)CCC12O. The lowest BCUT2D eigenvalue weighted by molar-refractivity contribution is 0.0601. The molecule has 5 nitrogen and oxygen atoms in total. The molecule has 3 heterocycles. The standard InChI is InChI=1S/C15H12N2O3/c18-13-11-8-20-9-12(11)16-14-15(13,19)6-7-17(14)10-4-2-1-3-5-10/h1-5,8-9,19H,6-7H2. The highest BCUT2D eigenvalue weighted by molar-refractivity contribution is 6.28. The highest BCUT2D eigenvalue weighted by atomic mass is 16.3. The van der Waals surface area contributed by atoms with Crippen molar-refractivity contribution in [3.05, 3.63) is 48.4 Å². The number of furan rings is 1. The molecule has 1 atom stereocenters. The van der Waals surface area contributed by atoms with Gasteiger partial charge in [0.1, 0.15) is 24.0 Å². The summed E-state index contributed by atoms with van der Waals surface area (Å²) in [7, 11) is 0. The number of hydrogen-bond donors (Lipinski definition) is 1. The van der Waals surface area contributed by atoms with Crippen molar-refractivity contribution in [3.63, 3.8) is 0 Å². The Kier molecular flexibility index (Phi) is 2.17. The largest absolute Gasteiger partial charge is 0.470 e. The number of ketones is 1. The van der Waals surface area contributed by atoms with Gasteiger partial charge in [-0.15, -0.1) is 0 Å². The van der Waals surface area contributed by atoms with Gasteiger partial charge in [-0.2, -0.15) is 0 Å². The summed E-state index contributed by atoms with van der Waals surface area (Å²) in [6.45, 7) is 0.562. The summed E-state index contributed by atoms with van der Waals surface area (Å²) in [5.41, 5.74) is 0.220. The molecule has 100 valence electrons. The third-order valence-electron chi connectivity index (χ3n) is 3.88. The van der Waals surface area contributed by atoms with Crippen LogP contribution in [-0.4, -0.2) is 28.9 Å². The quantitative estimate of drug-likeness (QED) is 0.860. The molecule has 1 fully saturated rings. The number of para-hydroxylation sites is 1. The van der Waals surface area contributed by atoms with Crippen molar-refractivity contribution in [3.8, 4) is 0 Å². The van der Waals surface area contributed by atoms with Crippen molar-refractivity contribution in [2.75, 3.05) is 11.4 Å². The number of benzene rings is 1. The van der Waals surface area contributed by atoms with Gasteiger partial charge in [-0.3, -0.25) is 4.79 Å². The minimum atomic E-state index is -1.54. The van der Waals surface area contributed by atoms with Gasteiger partial charge in [0.25, 0.3) is 0 Å². The van der Waals surface area contributed by atoms with Crippen molar-refractivity contribution in [2.24, 2.45) is 4.99 Å². The highest BCUT2D eigenvalue weighted by Gasteiger charge is 2.52. The predicted octanol–water partition coefficient (Wildman–Crippen LogP) is 2.15. The van der Waals surface area contributed by atoms with E-state index in [-0.39, 0.29) is 5.78 Å². The van der Waals surface area contributed by atoms with Crippen molar-refractivity contribution in [1.82, 2.24) is 0 Å². The zero-order valence-electron chi connectivity index (χ0n) is 10.6. The van der Waals surface area contributed by atoms with Gasteiger partial charge < -0.3 is 14.4 Å². The average molecular weight is 268 g/mol. The fraction of sp³-hybridized carbons (Fsp3) is 0.200. The van der Waals surface area contributed by atoms with Crippen LogP contribution in [0.5, 0.6) is 0 Å². The molecule has 0 radical (unpaired) electrons. The van der Waals surface area contributed by atoms with Gasteiger partial charge in [0, 0.05) is 18.7 Å². The zero-order chi connectivity index (χ0) is 13.7. The van der Waals surface area contributed by atoms with Gasteiger partial charge in [-0.25, -0.2) is 4.99 Å². The molecule has 0 saturated carbocycles. The van der Waals surface area contributed by atoms with Crippen molar-refractivity contribution >= 4 is 23.0 Å². The second-order valence-corrected chi connectivity index (χ2v) is 5.03. The Morgan fingerprint density at radius 2 is 2.05 bits per heavy atom. The van der Waals surface area contributed by atoms with Crippen LogP contribution in [0.15, 0.2) is 52.3 Å². The molecule has 0 amide bonds. The van der Waals surface area contributed by atoms with E-state index < -0.39 is 5.60 Å². The number of fused-ring (bicyclic) bond motifs is 2. The fourth-order valence-corrected chi connectivity index (χ4v) is 2.83. The predicted molar refractivity (Wildman–Crippen MR) is 73.5 cm³/mol. The second kappa shape index (κ2) is 3.80. The van der Waals surface area contributed by atoms with E-state index in [1.54, 1.807) is 0 Å². The maximum Gasteiger partial charge on any atom is 0.207 e. The van der Waals surface area contributed by atoms with Gasteiger partial charge in [0.2, 0.25) is 5.78 Å². The number of carbonyl (C=O) groups excluding carboxylic acids is 1. The molecule has 1 aromatic heterocycles. The van der Waals surface area contributed by atoms with E-state index in [1.807, 2.05) is 35.2 Å². The Labute approximate surface area is 115 Å². The van der Waals surface area contributed by atoms with Crippen LogP contribution in [0.1, 0.15) is 16.8 Å². The molecule has 0 bridgehead atoms. The number of anilines is 1. The zero-order valence-corrected chi connectivity index (χ0v) is 10.6. The Morgan fingerprint density at radius 1 is 1.25 bits per heavy atom. The van der Waals surface area contributed by atoms with E-state index in [4.69, 9.17) is 4.42 Å². The molecular formula is C15H12N2O3. The topological polar surface area (TPSA) is 66.0 Å². The van der Waals surface area contributed by atoms with Gasteiger partial charge in [0.05, 0.1) is 5.56 Å². The number of nitrogens with zero attached hydrogens (tertiary/aromatic N) is 2. The maximum atomic E-state index is 12.4. The number of aliphatic imine (C=N–C) groups is 1. The van der Waals surface area contributed by atoms with E-state index in [9.17, 15) is 9.90 Å². The first-order valence-corrected chi connectivity index (χ1v) is 6.45. The Hall–Kier alpha value is -2.40. The van der Waals surface area contributed by atoms with Crippen LogP contribution in [0.25, 0.3) is 0 Å². The lowest BCUT2D eigenvalue weighted by atomic mass is 9.89. The van der Waals surface area contributed by atoms with Gasteiger partial charge in [-0.1, -0.05) is 18.2 Å². The first kappa shape index (κ1) is 11.4. The molecule has 1 saturated heterocycles. The number of rotatable bonds is 1. The third-order valence-corrected chi connectivity index (χ3v) is 3.88. The first-order valence-electron chi connectivity index (χ1n) is 6.45. The van der Waals surface area contributed by atoms with Crippen molar-refractivity contribution < 1.29 is 14.3 Å². The number of Topliss-reactive ketones (excluding diaryl/α,β-unsaturated/α-hetero) is 1. The lowest BCUT2D eigenvalue weighted by Gasteiger charge is -2.28. The minimum Gasteiger partial charge on any atom is -0.470 e. The fourth-order valence-electron chi connectivity index (χ4n) is 2.83. The van der Waals surface area contributed by atoms with Crippen LogP contribution in [0.3, 0.4) is 0 Å². The molecule has 0 spiro atoms. The number of aliphatic hydroxyl groups is 1. The smallest absolute Gasteiger partial charge is 0.207 e. The monoisotopic (exact) mass is 268 g/mol. The molecule has 5 heteroatoms. The summed E-state index contributed by atoms with van der Waals surface area (Å²) in [5.74, 6) is 0.0623. The Balaban J connectivity index is 1.87. The Bertz CT molecular complexity index is 720. The molecule has 2 aliphatic rings. The molecule has 1 unspecified atom stereocenters. The number of carbonyl (C=O) groups is 1. The lowest BCUT2D eigenvalue weighted by Crippen LogP contribution is -2.48. The van der Waals surface area contributed by atoms with Crippen LogP contribution < -0.4 is 4.90 Å². The van der Waals surface area contributed by atoms with Crippen molar-refractivity contribution in [2.45, 2.75) is 12.0 Å². The van der Waals surface area contributed by atoms with E-state index in [0.717, 1.165) is 5.69 Å². The number of hydrogen-bond acceptors (Lipinski definition) is 5. The normalized spacial score (nSPS) is 24.4. The van der Waals surface area contributed by atoms with Gasteiger partial charge in [-0.05, 0) is 12.1 Å². The molecule has 2 aromatic rings. The molecule has 20 heavy (non-hydrogen) atoms. The summed E-state index contributed by atoms with van der Waals surface area (Å²) in [6.07, 6.45) is 3.12. The van der Waals surface area contributed by atoms with Crippen LogP contribution in [-0.2, 0) is 0 Å². The number of amidine groups is 1. The molecule has 1 N–H and O–H groups in total. The molecular weight excluding hydrogens is 256 g/mol. The van der Waals surface area contributed by atoms with Crippen molar-refractivity contribution in [1.29, 1.82) is 0 Å². The van der Waals surface area contributed by atoms with Gasteiger partial charge in [0.15, 0.2) is 5.60 Å². The summed E-state index contributed by atoms with van der Waals surface area (Å²) >= 11 is 0. The highest BCUT2D eigenvalue weighted by Crippen LogP contribution is 2.39. The summed E-state index contributed by atoms with van der Waals surface area (Å²) in [6, 6.07) is 9.63. The molecule has 2 aliphatic heterocycles. The van der Waals surface area contributed by atoms with E-state index in [0.29, 0.717) is 30.1 Å². The average Bonchev–Trinajstić information content (AvgIpc) is 3.06. The van der Waals surface area contributed by atoms with Crippen LogP contribution in [0.4, 0.5) is 11.4 Å². The summed E-state index contributed by atoms with van der Waals surface area (Å²) < 4.78 is 5.03. The third kappa shape index (κ3) is 1.35. The van der Waals surface area contributed by atoms with Crippen LogP contribution in [0.2, 0.25) is 0 Å². The minimum absolute atomic E-state index is 0.329. The molecule has 1 aromatic carbocycles. The van der Waals surface area contributed by atoms with Crippen LogP contribution >= 0.6 is 0 Å². The summed E-state index contributed by atoms with van der Waals surface area (Å²) in [4.78, 5) is 18.7. The van der Waals surface area contributed by atoms with E-state index in [2.05, 4.69) is 4.99 Å². The second-order valence-electron chi connectivity index (χ2n) is 5.03. The summed E-state index contributed by atoms with van der Waals surface area (Å²) in [5, 5.41) is 10.7. The molecule has 4 rings (SSSR count). The van der Waals surface area contributed by atoms with E-state index >= 15 is 0 Å². The maximum absolute atomic E-state index is 12.4. The Morgan fingerprint density at radius 3 is 2.85 bits per heavy atom. The van der Waals surface area contributed by atoms with Crippen LogP contribution in [0, 0.1) is 0 Å². The van der Waals surface area contributed by atoms with E-state index in [1.165, 1.54) is 12.5 Å². The molecule has 0 aliphatic carbocycles. The van der Waals surface area contributed by atoms with Gasteiger partial charge >= 0.3 is 0 Å².